The molecule has 3 nitrogen and oxygen atoms in total. The Labute approximate surface area is 135 Å². The number of nitrogens with one attached hydrogen (secondary N) is 2. The Morgan fingerprint density at radius 3 is 2.67 bits per heavy atom. The van der Waals surface area contributed by atoms with Gasteiger partial charge in [-0.2, -0.15) is 0 Å². The van der Waals surface area contributed by atoms with Crippen LogP contribution in [0.3, 0.4) is 0 Å². The van der Waals surface area contributed by atoms with Crippen molar-refractivity contribution in [1.82, 2.24) is 5.32 Å². The molecule has 0 saturated carbocycles. The van der Waals surface area contributed by atoms with Crippen LogP contribution in [0.5, 0.6) is 0 Å². The van der Waals surface area contributed by atoms with Gasteiger partial charge in [0, 0.05) is 17.1 Å². The van der Waals surface area contributed by atoms with Gasteiger partial charge in [0.2, 0.25) is 0 Å². The number of carbonyl (C=O) groups excluding carboxylic acids is 1. The highest BCUT2D eigenvalue weighted by Crippen LogP contribution is 2.30. The highest BCUT2D eigenvalue weighted by atomic mass is 35.5. The summed E-state index contributed by atoms with van der Waals surface area (Å²) in [6, 6.07) is 10.0. The van der Waals surface area contributed by atoms with Gasteiger partial charge in [0.05, 0.1) is 4.88 Å². The fourth-order valence-corrected chi connectivity index (χ4v) is 3.69. The molecule has 112 valence electrons. The van der Waals surface area contributed by atoms with Crippen molar-refractivity contribution >= 4 is 35.3 Å². The Morgan fingerprint density at radius 2 is 2.00 bits per heavy atom. The van der Waals surface area contributed by atoms with Crippen LogP contribution in [-0.2, 0) is 19.4 Å². The first-order chi connectivity index (χ1) is 9.76. The van der Waals surface area contributed by atoms with Crippen LogP contribution in [0.4, 0.5) is 5.69 Å². The van der Waals surface area contributed by atoms with Crippen molar-refractivity contribution in [3.63, 3.8) is 0 Å². The lowest BCUT2D eigenvalue weighted by molar-refractivity contribution is 0.103. The zero-order valence-electron chi connectivity index (χ0n) is 11.9. The van der Waals surface area contributed by atoms with E-state index >= 15 is 0 Å². The number of aryl methyl sites for hydroxylation is 2. The topological polar surface area (TPSA) is 41.1 Å². The van der Waals surface area contributed by atoms with Crippen molar-refractivity contribution in [1.29, 1.82) is 0 Å². The van der Waals surface area contributed by atoms with E-state index < -0.39 is 0 Å². The summed E-state index contributed by atoms with van der Waals surface area (Å²) < 4.78 is 0. The van der Waals surface area contributed by atoms with Gasteiger partial charge in [-0.25, -0.2) is 0 Å². The molecule has 1 aromatic carbocycles. The fraction of sp³-hybridized carbons (Fsp3) is 0.312. The molecule has 3 rings (SSSR count). The molecule has 0 fully saturated rings. The van der Waals surface area contributed by atoms with Crippen molar-refractivity contribution in [2.45, 2.75) is 25.8 Å². The summed E-state index contributed by atoms with van der Waals surface area (Å²) in [5, 5.41) is 6.07. The predicted octanol–water partition coefficient (Wildman–Crippen LogP) is 3.63. The third-order valence-electron chi connectivity index (χ3n) is 3.56. The maximum absolute atomic E-state index is 12.2. The van der Waals surface area contributed by atoms with Gasteiger partial charge >= 0.3 is 0 Å². The Kier molecular flexibility index (Phi) is 5.39. The average Bonchev–Trinajstić information content (AvgIpc) is 3.02. The normalized spacial score (nSPS) is 12.6. The van der Waals surface area contributed by atoms with Crippen molar-refractivity contribution < 1.29 is 4.79 Å². The number of benzene rings is 1. The summed E-state index contributed by atoms with van der Waals surface area (Å²) in [4.78, 5) is 14.4. The third-order valence-corrected chi connectivity index (χ3v) is 4.80. The highest BCUT2D eigenvalue weighted by Gasteiger charge is 2.18. The first kappa shape index (κ1) is 16.0. The highest BCUT2D eigenvalue weighted by molar-refractivity contribution is 7.14. The van der Waals surface area contributed by atoms with E-state index in [2.05, 4.69) is 16.7 Å². The molecule has 0 saturated heterocycles. The minimum atomic E-state index is 0. The van der Waals surface area contributed by atoms with Gasteiger partial charge in [0.1, 0.15) is 0 Å². The molecule has 0 spiro atoms. The van der Waals surface area contributed by atoms with E-state index in [-0.39, 0.29) is 18.3 Å². The van der Waals surface area contributed by atoms with Crippen LogP contribution in [0.25, 0.3) is 0 Å². The second-order valence-electron chi connectivity index (χ2n) is 5.09. The SMILES string of the molecule is CNCc1ccc(NC(=O)c2cc3c(s2)CCC3)cc1.Cl. The summed E-state index contributed by atoms with van der Waals surface area (Å²) in [7, 11) is 1.92. The van der Waals surface area contributed by atoms with Crippen LogP contribution in [0.2, 0.25) is 0 Å². The number of anilines is 1. The van der Waals surface area contributed by atoms with E-state index in [1.807, 2.05) is 31.3 Å². The quantitative estimate of drug-likeness (QED) is 0.902. The smallest absolute Gasteiger partial charge is 0.265 e. The third kappa shape index (κ3) is 3.64. The van der Waals surface area contributed by atoms with Crippen LogP contribution < -0.4 is 10.6 Å². The van der Waals surface area contributed by atoms with Crippen LogP contribution in [0, 0.1) is 0 Å². The minimum absolute atomic E-state index is 0. The van der Waals surface area contributed by atoms with Gasteiger partial charge < -0.3 is 10.6 Å². The molecule has 2 aromatic rings. The number of hydrogen-bond donors (Lipinski definition) is 2. The van der Waals surface area contributed by atoms with Crippen LogP contribution >= 0.6 is 23.7 Å². The Balaban J connectivity index is 0.00000161. The number of thiophene rings is 1. The lowest BCUT2D eigenvalue weighted by Crippen LogP contribution is -2.10. The molecule has 5 heteroatoms. The van der Waals surface area contributed by atoms with Crippen LogP contribution in [-0.4, -0.2) is 13.0 Å². The molecule has 1 aliphatic carbocycles. The average molecular weight is 323 g/mol. The van der Waals surface area contributed by atoms with Gasteiger partial charge in [-0.15, -0.1) is 23.7 Å². The largest absolute Gasteiger partial charge is 0.321 e. The molecule has 1 aliphatic rings. The van der Waals surface area contributed by atoms with Gasteiger partial charge in [-0.3, -0.25) is 4.79 Å². The Morgan fingerprint density at radius 1 is 1.24 bits per heavy atom. The van der Waals surface area contributed by atoms with E-state index in [1.54, 1.807) is 11.3 Å². The van der Waals surface area contributed by atoms with Crippen molar-refractivity contribution in [3.8, 4) is 0 Å². The van der Waals surface area contributed by atoms with Gasteiger partial charge in [-0.1, -0.05) is 12.1 Å². The van der Waals surface area contributed by atoms with E-state index in [1.165, 1.54) is 22.4 Å². The first-order valence-electron chi connectivity index (χ1n) is 6.93. The van der Waals surface area contributed by atoms with Crippen molar-refractivity contribution in [2.24, 2.45) is 0 Å². The monoisotopic (exact) mass is 322 g/mol. The molecule has 0 aliphatic heterocycles. The van der Waals surface area contributed by atoms with E-state index in [4.69, 9.17) is 0 Å². The minimum Gasteiger partial charge on any atom is -0.321 e. The molecule has 1 heterocycles. The standard InChI is InChI=1S/C16H18N2OS.ClH/c1-17-10-11-5-7-13(8-6-11)18-16(19)15-9-12-3-2-4-14(12)20-15;/h5-9,17H,2-4,10H2,1H3,(H,18,19);1H. The Bertz CT molecular complexity index is 600. The van der Waals surface area contributed by atoms with E-state index in [0.29, 0.717) is 0 Å². The first-order valence-corrected chi connectivity index (χ1v) is 7.74. The Hall–Kier alpha value is -1.36. The van der Waals surface area contributed by atoms with Gasteiger partial charge in [-0.05, 0) is 55.6 Å². The molecule has 1 amide bonds. The molecule has 0 atom stereocenters. The maximum Gasteiger partial charge on any atom is 0.265 e. The fourth-order valence-electron chi connectivity index (χ4n) is 2.54. The van der Waals surface area contributed by atoms with Crippen LogP contribution in [0.1, 0.15) is 32.1 Å². The van der Waals surface area contributed by atoms with Crippen molar-refractivity contribution in [3.05, 3.63) is 51.2 Å². The lowest BCUT2D eigenvalue weighted by Gasteiger charge is -2.05. The van der Waals surface area contributed by atoms with E-state index in [0.717, 1.165) is 30.0 Å². The van der Waals surface area contributed by atoms with Gasteiger partial charge in [0.15, 0.2) is 0 Å². The van der Waals surface area contributed by atoms with Gasteiger partial charge in [0.25, 0.3) is 5.91 Å². The molecule has 0 unspecified atom stereocenters. The number of fused-ring (bicyclic) bond motifs is 1. The summed E-state index contributed by atoms with van der Waals surface area (Å²) in [5.74, 6) is 0.00534. The molecular weight excluding hydrogens is 304 g/mol. The number of carbonyl (C=O) groups is 1. The van der Waals surface area contributed by atoms with Crippen LogP contribution in [0.15, 0.2) is 30.3 Å². The lowest BCUT2D eigenvalue weighted by atomic mass is 10.2. The predicted molar refractivity (Wildman–Crippen MR) is 90.8 cm³/mol. The summed E-state index contributed by atoms with van der Waals surface area (Å²) in [6.45, 7) is 0.839. The zero-order valence-corrected chi connectivity index (χ0v) is 13.6. The zero-order chi connectivity index (χ0) is 13.9. The summed E-state index contributed by atoms with van der Waals surface area (Å²) >= 11 is 1.64. The summed E-state index contributed by atoms with van der Waals surface area (Å²) in [6.07, 6.45) is 3.49. The molecule has 21 heavy (non-hydrogen) atoms. The van der Waals surface area contributed by atoms with E-state index in [9.17, 15) is 4.79 Å². The number of amides is 1. The summed E-state index contributed by atoms with van der Waals surface area (Å²) in [5.41, 5.74) is 3.42. The number of halogens is 1. The second kappa shape index (κ2) is 7.07. The van der Waals surface area contributed by atoms with Crippen molar-refractivity contribution in [2.75, 3.05) is 12.4 Å². The molecule has 0 bridgehead atoms. The molecular formula is C16H19ClN2OS. The molecule has 2 N–H and O–H groups in total. The number of rotatable bonds is 4. The molecule has 1 aromatic heterocycles. The molecule has 0 radical (unpaired) electrons. The maximum atomic E-state index is 12.2. The second-order valence-corrected chi connectivity index (χ2v) is 6.23. The number of hydrogen-bond acceptors (Lipinski definition) is 3.